The maximum atomic E-state index is 13.3. The third-order valence-electron chi connectivity index (χ3n) is 3.25. The predicted octanol–water partition coefficient (Wildman–Crippen LogP) is 1.45. The molecular formula is C14H20FN3O. The molecule has 1 fully saturated rings. The van der Waals surface area contributed by atoms with Crippen LogP contribution in [0.25, 0.3) is 0 Å². The Kier molecular flexibility index (Phi) is 4.87. The van der Waals surface area contributed by atoms with Gasteiger partial charge < -0.3 is 15.5 Å². The summed E-state index contributed by atoms with van der Waals surface area (Å²) in [7, 11) is 2.10. The van der Waals surface area contributed by atoms with Gasteiger partial charge in [0, 0.05) is 19.1 Å². The fraction of sp³-hybridized carbons (Fsp3) is 0.500. The smallest absolute Gasteiger partial charge is 0.238 e. The van der Waals surface area contributed by atoms with Gasteiger partial charge in [-0.15, -0.1) is 0 Å². The number of halogens is 1. The molecule has 0 heterocycles. The zero-order valence-corrected chi connectivity index (χ0v) is 11.2. The van der Waals surface area contributed by atoms with E-state index >= 15 is 0 Å². The number of carbonyl (C=O) groups excluding carboxylic acids is 1. The number of rotatable bonds is 7. The van der Waals surface area contributed by atoms with Crippen molar-refractivity contribution in [2.24, 2.45) is 0 Å². The average Bonchev–Trinajstić information content (AvgIpc) is 3.21. The summed E-state index contributed by atoms with van der Waals surface area (Å²) in [6.45, 7) is 1.89. The summed E-state index contributed by atoms with van der Waals surface area (Å²) in [6.07, 6.45) is 2.56. The lowest BCUT2D eigenvalue weighted by Crippen LogP contribution is -2.35. The van der Waals surface area contributed by atoms with Gasteiger partial charge in [-0.2, -0.15) is 0 Å². The quantitative estimate of drug-likeness (QED) is 0.733. The lowest BCUT2D eigenvalue weighted by atomic mass is 10.3. The Balaban J connectivity index is 1.63. The van der Waals surface area contributed by atoms with E-state index in [4.69, 9.17) is 0 Å². The van der Waals surface area contributed by atoms with E-state index in [0.29, 0.717) is 0 Å². The maximum absolute atomic E-state index is 13.3. The molecule has 0 aliphatic heterocycles. The second kappa shape index (κ2) is 6.63. The number of hydrogen-bond donors (Lipinski definition) is 2. The van der Waals surface area contributed by atoms with Crippen LogP contribution in [0.1, 0.15) is 12.8 Å². The first-order valence-corrected chi connectivity index (χ1v) is 6.62. The molecule has 1 amide bonds. The van der Waals surface area contributed by atoms with Gasteiger partial charge in [0.2, 0.25) is 5.91 Å². The van der Waals surface area contributed by atoms with Crippen LogP contribution in [0.4, 0.5) is 10.1 Å². The molecule has 0 spiro atoms. The van der Waals surface area contributed by atoms with Crippen LogP contribution in [-0.2, 0) is 4.79 Å². The van der Waals surface area contributed by atoms with E-state index in [-0.39, 0.29) is 18.1 Å². The minimum atomic E-state index is -0.413. The van der Waals surface area contributed by atoms with Gasteiger partial charge in [0.15, 0.2) is 0 Å². The van der Waals surface area contributed by atoms with E-state index in [2.05, 4.69) is 22.6 Å². The highest BCUT2D eigenvalue weighted by Crippen LogP contribution is 2.24. The summed E-state index contributed by atoms with van der Waals surface area (Å²) in [6, 6.07) is 6.89. The Bertz CT molecular complexity index is 434. The van der Waals surface area contributed by atoms with Gasteiger partial charge in [0.1, 0.15) is 5.82 Å². The van der Waals surface area contributed by atoms with Crippen LogP contribution in [-0.4, -0.2) is 43.5 Å². The van der Waals surface area contributed by atoms with Gasteiger partial charge in [-0.3, -0.25) is 4.79 Å². The normalized spacial score (nSPS) is 14.7. The lowest BCUT2D eigenvalue weighted by molar-refractivity contribution is -0.115. The summed E-state index contributed by atoms with van der Waals surface area (Å²) in [5.74, 6) is -0.636. The lowest BCUT2D eigenvalue weighted by Gasteiger charge is -2.15. The van der Waals surface area contributed by atoms with Crippen LogP contribution >= 0.6 is 0 Å². The van der Waals surface area contributed by atoms with Gasteiger partial charge in [0.25, 0.3) is 0 Å². The Morgan fingerprint density at radius 1 is 1.42 bits per heavy atom. The number of para-hydroxylation sites is 1. The van der Waals surface area contributed by atoms with Crippen LogP contribution in [0.3, 0.4) is 0 Å². The van der Waals surface area contributed by atoms with Crippen molar-refractivity contribution in [1.29, 1.82) is 0 Å². The van der Waals surface area contributed by atoms with E-state index < -0.39 is 5.82 Å². The minimum Gasteiger partial charge on any atom is -0.322 e. The molecule has 19 heavy (non-hydrogen) atoms. The van der Waals surface area contributed by atoms with Crippen molar-refractivity contribution in [1.82, 2.24) is 10.2 Å². The maximum Gasteiger partial charge on any atom is 0.238 e. The molecule has 0 bridgehead atoms. The molecule has 0 aromatic heterocycles. The van der Waals surface area contributed by atoms with Gasteiger partial charge >= 0.3 is 0 Å². The number of anilines is 1. The number of likely N-dealkylation sites (N-methyl/N-ethyl adjacent to an activating group) is 1. The summed E-state index contributed by atoms with van der Waals surface area (Å²) < 4.78 is 13.3. The monoisotopic (exact) mass is 265 g/mol. The number of nitrogens with one attached hydrogen (secondary N) is 2. The third kappa shape index (κ3) is 4.61. The second-order valence-electron chi connectivity index (χ2n) is 4.92. The van der Waals surface area contributed by atoms with Gasteiger partial charge in [0.05, 0.1) is 12.2 Å². The first-order valence-electron chi connectivity index (χ1n) is 6.62. The zero-order chi connectivity index (χ0) is 13.7. The van der Waals surface area contributed by atoms with Gasteiger partial charge in [-0.05, 0) is 32.0 Å². The van der Waals surface area contributed by atoms with Crippen molar-refractivity contribution < 1.29 is 9.18 Å². The Labute approximate surface area is 113 Å². The molecule has 0 radical (unpaired) electrons. The van der Waals surface area contributed by atoms with E-state index in [1.807, 2.05) is 0 Å². The molecule has 2 N–H and O–H groups in total. The molecule has 5 heteroatoms. The number of benzene rings is 1. The molecule has 1 aromatic carbocycles. The molecule has 4 nitrogen and oxygen atoms in total. The van der Waals surface area contributed by atoms with Crippen molar-refractivity contribution in [2.45, 2.75) is 18.9 Å². The highest BCUT2D eigenvalue weighted by Gasteiger charge is 2.25. The van der Waals surface area contributed by atoms with E-state index in [1.54, 1.807) is 18.2 Å². The van der Waals surface area contributed by atoms with Crippen LogP contribution in [0.2, 0.25) is 0 Å². The topological polar surface area (TPSA) is 44.4 Å². The molecule has 0 saturated heterocycles. The van der Waals surface area contributed by atoms with Crippen molar-refractivity contribution in [3.05, 3.63) is 30.1 Å². The van der Waals surface area contributed by atoms with Crippen molar-refractivity contribution in [3.63, 3.8) is 0 Å². The molecular weight excluding hydrogens is 245 g/mol. The molecule has 1 saturated carbocycles. The predicted molar refractivity (Wildman–Crippen MR) is 73.6 cm³/mol. The number of carbonyl (C=O) groups is 1. The number of nitrogens with zero attached hydrogens (tertiary/aromatic N) is 1. The molecule has 0 unspecified atom stereocenters. The molecule has 0 atom stereocenters. The molecule has 1 aliphatic carbocycles. The van der Waals surface area contributed by atoms with Crippen LogP contribution < -0.4 is 10.6 Å². The molecule has 1 aromatic rings. The van der Waals surface area contributed by atoms with Crippen LogP contribution in [0.5, 0.6) is 0 Å². The van der Waals surface area contributed by atoms with E-state index in [1.165, 1.54) is 18.9 Å². The summed E-state index contributed by atoms with van der Waals surface area (Å²) in [4.78, 5) is 13.9. The fourth-order valence-electron chi connectivity index (χ4n) is 1.91. The molecule has 2 rings (SSSR count). The fourth-order valence-corrected chi connectivity index (χ4v) is 1.91. The standard InChI is InChI=1S/C14H20FN3O/c1-18(11-6-7-11)9-8-16-10-14(19)17-13-5-3-2-4-12(13)15/h2-5,11,16H,6-10H2,1H3,(H,17,19). The van der Waals surface area contributed by atoms with Crippen LogP contribution in [0, 0.1) is 5.82 Å². The minimum absolute atomic E-state index is 0.201. The number of hydrogen-bond acceptors (Lipinski definition) is 3. The van der Waals surface area contributed by atoms with E-state index in [0.717, 1.165) is 19.1 Å². The van der Waals surface area contributed by atoms with Crippen LogP contribution in [0.15, 0.2) is 24.3 Å². The van der Waals surface area contributed by atoms with E-state index in [9.17, 15) is 9.18 Å². The summed E-state index contributed by atoms with van der Waals surface area (Å²) in [5, 5.41) is 5.61. The Morgan fingerprint density at radius 2 is 2.16 bits per heavy atom. The number of amides is 1. The van der Waals surface area contributed by atoms with Gasteiger partial charge in [-0.25, -0.2) is 4.39 Å². The first kappa shape index (κ1) is 14.0. The SMILES string of the molecule is CN(CCNCC(=O)Nc1ccccc1F)C1CC1. The third-order valence-corrected chi connectivity index (χ3v) is 3.25. The van der Waals surface area contributed by atoms with Gasteiger partial charge in [-0.1, -0.05) is 12.1 Å². The summed E-state index contributed by atoms with van der Waals surface area (Å²) in [5.41, 5.74) is 0.226. The van der Waals surface area contributed by atoms with Crippen molar-refractivity contribution >= 4 is 11.6 Å². The highest BCUT2D eigenvalue weighted by molar-refractivity contribution is 5.92. The summed E-state index contributed by atoms with van der Waals surface area (Å²) >= 11 is 0. The molecule has 104 valence electrons. The second-order valence-corrected chi connectivity index (χ2v) is 4.92. The average molecular weight is 265 g/mol. The highest BCUT2D eigenvalue weighted by atomic mass is 19.1. The Morgan fingerprint density at radius 3 is 2.84 bits per heavy atom. The largest absolute Gasteiger partial charge is 0.322 e. The van der Waals surface area contributed by atoms with Crippen molar-refractivity contribution in [2.75, 3.05) is 32.0 Å². The first-order chi connectivity index (χ1) is 9.16. The van der Waals surface area contributed by atoms with Crippen molar-refractivity contribution in [3.8, 4) is 0 Å². The zero-order valence-electron chi connectivity index (χ0n) is 11.2. The molecule has 1 aliphatic rings. The Hall–Kier alpha value is -1.46.